The molecule has 2 rings (SSSR count). The number of aryl methyl sites for hydroxylation is 1. The number of carbonyl (C=O) groups excluding carboxylic acids is 1. The molecule has 5 heteroatoms. The van der Waals surface area contributed by atoms with Crippen molar-refractivity contribution in [3.63, 3.8) is 0 Å². The van der Waals surface area contributed by atoms with Crippen LogP contribution >= 0.6 is 11.8 Å². The predicted octanol–water partition coefficient (Wildman–Crippen LogP) is 3.23. The molecule has 0 spiro atoms. The summed E-state index contributed by atoms with van der Waals surface area (Å²) in [6.45, 7) is 2.66. The number of aromatic nitrogens is 1. The van der Waals surface area contributed by atoms with Gasteiger partial charge in [-0.05, 0) is 32.1 Å². The van der Waals surface area contributed by atoms with Gasteiger partial charge in [0.25, 0.3) is 5.91 Å². The van der Waals surface area contributed by atoms with Crippen LogP contribution in [0.3, 0.4) is 0 Å². The Morgan fingerprint density at radius 1 is 1.38 bits per heavy atom. The van der Waals surface area contributed by atoms with Crippen LogP contribution in [-0.2, 0) is 0 Å². The molecule has 0 radical (unpaired) electrons. The summed E-state index contributed by atoms with van der Waals surface area (Å²) in [5.41, 5.74) is 2.36. The van der Waals surface area contributed by atoms with Crippen molar-refractivity contribution in [3.05, 3.63) is 23.5 Å². The number of pyridine rings is 1. The molecule has 0 atom stereocenters. The average Bonchev–Trinajstić information content (AvgIpc) is 2.53. The lowest BCUT2D eigenvalue weighted by Crippen LogP contribution is -2.41. The standard InChI is InChI=1S/C16H25N3OS/c1-12-9-14(17-2)13(10-18-12)15(20)19-11-16(21-3)7-5-4-6-8-16/h9-10H,4-8,11H2,1-3H3,(H,17,18)(H,19,20). The van der Waals surface area contributed by atoms with Gasteiger partial charge in [-0.3, -0.25) is 9.78 Å². The fourth-order valence-electron chi connectivity index (χ4n) is 2.93. The van der Waals surface area contributed by atoms with Crippen LogP contribution < -0.4 is 10.6 Å². The molecule has 1 fully saturated rings. The molecule has 0 aromatic carbocycles. The number of thioether (sulfide) groups is 1. The second kappa shape index (κ2) is 7.16. The van der Waals surface area contributed by atoms with Gasteiger partial charge in [0, 0.05) is 30.2 Å². The Balaban J connectivity index is 2.04. The molecule has 1 aliphatic rings. The van der Waals surface area contributed by atoms with E-state index in [0.29, 0.717) is 5.56 Å². The molecule has 1 amide bonds. The highest BCUT2D eigenvalue weighted by atomic mass is 32.2. The molecule has 1 aromatic heterocycles. The lowest BCUT2D eigenvalue weighted by Gasteiger charge is -2.35. The lowest BCUT2D eigenvalue weighted by molar-refractivity contribution is 0.0947. The molecule has 1 aliphatic carbocycles. The molecular formula is C16H25N3OS. The first-order valence-corrected chi connectivity index (χ1v) is 8.80. The molecule has 21 heavy (non-hydrogen) atoms. The molecule has 0 saturated heterocycles. The highest BCUT2D eigenvalue weighted by Crippen LogP contribution is 2.38. The molecule has 2 N–H and O–H groups in total. The normalized spacial score (nSPS) is 17.3. The average molecular weight is 307 g/mol. The summed E-state index contributed by atoms with van der Waals surface area (Å²) < 4.78 is 0.214. The molecule has 1 saturated carbocycles. The first-order valence-electron chi connectivity index (χ1n) is 7.58. The van der Waals surface area contributed by atoms with E-state index in [1.807, 2.05) is 31.8 Å². The van der Waals surface area contributed by atoms with Crippen LogP contribution in [0, 0.1) is 6.92 Å². The van der Waals surface area contributed by atoms with E-state index in [1.165, 1.54) is 32.1 Å². The number of hydrogen-bond acceptors (Lipinski definition) is 4. The first kappa shape index (κ1) is 16.1. The van der Waals surface area contributed by atoms with Crippen LogP contribution in [0.2, 0.25) is 0 Å². The van der Waals surface area contributed by atoms with Crippen molar-refractivity contribution < 1.29 is 4.79 Å². The van der Waals surface area contributed by atoms with Crippen LogP contribution in [-0.4, -0.2) is 35.5 Å². The van der Waals surface area contributed by atoms with Crippen LogP contribution in [0.5, 0.6) is 0 Å². The quantitative estimate of drug-likeness (QED) is 0.877. The van der Waals surface area contributed by atoms with Crippen molar-refractivity contribution in [1.29, 1.82) is 0 Å². The van der Waals surface area contributed by atoms with E-state index in [0.717, 1.165) is 17.9 Å². The number of amides is 1. The number of anilines is 1. The first-order chi connectivity index (χ1) is 10.1. The summed E-state index contributed by atoms with van der Waals surface area (Å²) in [4.78, 5) is 16.7. The Labute approximate surface area is 131 Å². The third-order valence-electron chi connectivity index (χ3n) is 4.32. The summed E-state index contributed by atoms with van der Waals surface area (Å²) in [5, 5.41) is 6.19. The van der Waals surface area contributed by atoms with Gasteiger partial charge >= 0.3 is 0 Å². The predicted molar refractivity (Wildman–Crippen MR) is 90.2 cm³/mol. The molecular weight excluding hydrogens is 282 g/mol. The van der Waals surface area contributed by atoms with Crippen molar-refractivity contribution >= 4 is 23.4 Å². The van der Waals surface area contributed by atoms with E-state index in [1.54, 1.807) is 6.20 Å². The minimum absolute atomic E-state index is 0.0363. The van der Waals surface area contributed by atoms with Crippen molar-refractivity contribution in [2.75, 3.05) is 25.2 Å². The van der Waals surface area contributed by atoms with Crippen molar-refractivity contribution in [1.82, 2.24) is 10.3 Å². The van der Waals surface area contributed by atoms with Gasteiger partial charge in [0.2, 0.25) is 0 Å². The fraction of sp³-hybridized carbons (Fsp3) is 0.625. The van der Waals surface area contributed by atoms with Crippen molar-refractivity contribution in [3.8, 4) is 0 Å². The summed E-state index contributed by atoms with van der Waals surface area (Å²) >= 11 is 1.90. The van der Waals surface area contributed by atoms with E-state index in [-0.39, 0.29) is 10.7 Å². The number of nitrogens with zero attached hydrogens (tertiary/aromatic N) is 1. The minimum atomic E-state index is -0.0363. The second-order valence-corrected chi connectivity index (χ2v) is 7.03. The Bertz CT molecular complexity index is 498. The van der Waals surface area contributed by atoms with E-state index in [2.05, 4.69) is 21.9 Å². The SMILES string of the molecule is CNc1cc(C)ncc1C(=O)NCC1(SC)CCCCC1. The monoisotopic (exact) mass is 307 g/mol. The number of rotatable bonds is 5. The lowest BCUT2D eigenvalue weighted by atomic mass is 9.88. The molecule has 1 aromatic rings. The topological polar surface area (TPSA) is 54.0 Å². The largest absolute Gasteiger partial charge is 0.387 e. The summed E-state index contributed by atoms with van der Waals surface area (Å²) in [6.07, 6.45) is 10.1. The van der Waals surface area contributed by atoms with Crippen LogP contribution in [0.4, 0.5) is 5.69 Å². The molecule has 0 aliphatic heterocycles. The minimum Gasteiger partial charge on any atom is -0.387 e. The zero-order chi connectivity index (χ0) is 15.3. The van der Waals surface area contributed by atoms with E-state index in [9.17, 15) is 4.79 Å². The maximum atomic E-state index is 12.4. The van der Waals surface area contributed by atoms with Crippen LogP contribution in [0.25, 0.3) is 0 Å². The second-order valence-electron chi connectivity index (χ2n) is 5.75. The smallest absolute Gasteiger partial charge is 0.255 e. The third kappa shape index (κ3) is 3.90. The number of nitrogens with one attached hydrogen (secondary N) is 2. The third-order valence-corrected chi connectivity index (χ3v) is 5.74. The Morgan fingerprint density at radius 3 is 2.71 bits per heavy atom. The zero-order valence-electron chi connectivity index (χ0n) is 13.2. The Morgan fingerprint density at radius 2 is 2.10 bits per heavy atom. The molecule has 4 nitrogen and oxygen atoms in total. The number of carbonyl (C=O) groups is 1. The van der Waals surface area contributed by atoms with Gasteiger partial charge in [-0.15, -0.1) is 0 Å². The Hall–Kier alpha value is -1.23. The molecule has 116 valence electrons. The van der Waals surface area contributed by atoms with Crippen molar-refractivity contribution in [2.24, 2.45) is 0 Å². The van der Waals surface area contributed by atoms with Gasteiger partial charge in [0.1, 0.15) is 0 Å². The van der Waals surface area contributed by atoms with Crippen molar-refractivity contribution in [2.45, 2.75) is 43.8 Å². The van der Waals surface area contributed by atoms with Gasteiger partial charge in [0.15, 0.2) is 0 Å². The maximum absolute atomic E-state index is 12.4. The van der Waals surface area contributed by atoms with Crippen LogP contribution in [0.1, 0.15) is 48.2 Å². The maximum Gasteiger partial charge on any atom is 0.255 e. The Kier molecular flexibility index (Phi) is 5.51. The molecule has 0 unspecified atom stereocenters. The zero-order valence-corrected chi connectivity index (χ0v) is 14.0. The summed E-state index contributed by atoms with van der Waals surface area (Å²) in [6, 6.07) is 1.90. The van der Waals surface area contributed by atoms with Gasteiger partial charge in [0.05, 0.1) is 11.3 Å². The van der Waals surface area contributed by atoms with Gasteiger partial charge in [-0.1, -0.05) is 19.3 Å². The van der Waals surface area contributed by atoms with Gasteiger partial charge in [-0.2, -0.15) is 11.8 Å². The summed E-state index contributed by atoms with van der Waals surface area (Å²) in [7, 11) is 1.83. The number of hydrogen-bond donors (Lipinski definition) is 2. The highest BCUT2D eigenvalue weighted by molar-refractivity contribution is 8.00. The van der Waals surface area contributed by atoms with Crippen LogP contribution in [0.15, 0.2) is 12.3 Å². The fourth-order valence-corrected chi connectivity index (χ4v) is 3.85. The van der Waals surface area contributed by atoms with E-state index >= 15 is 0 Å². The van der Waals surface area contributed by atoms with Gasteiger partial charge < -0.3 is 10.6 Å². The molecule has 0 bridgehead atoms. The molecule has 1 heterocycles. The van der Waals surface area contributed by atoms with E-state index < -0.39 is 0 Å². The highest BCUT2D eigenvalue weighted by Gasteiger charge is 2.31. The van der Waals surface area contributed by atoms with E-state index in [4.69, 9.17) is 0 Å². The summed E-state index contributed by atoms with van der Waals surface area (Å²) in [5.74, 6) is -0.0363. The van der Waals surface area contributed by atoms with Gasteiger partial charge in [-0.25, -0.2) is 0 Å².